The van der Waals surface area contributed by atoms with E-state index in [1.807, 2.05) is 0 Å². The number of rotatable bonds is 6. The van der Waals surface area contributed by atoms with E-state index < -0.39 is 0 Å². The molecule has 0 amide bonds. The van der Waals surface area contributed by atoms with Crippen LogP contribution in [0.4, 0.5) is 0 Å². The molecule has 0 radical (unpaired) electrons. The smallest absolute Gasteiger partial charge is 0.0124 e. The molecule has 3 saturated carbocycles. The first-order chi connectivity index (χ1) is 9.31. The second-order valence-corrected chi connectivity index (χ2v) is 7.66. The van der Waals surface area contributed by atoms with E-state index in [0.29, 0.717) is 0 Å². The summed E-state index contributed by atoms with van der Waals surface area (Å²) in [5.41, 5.74) is 0. The first-order valence-corrected chi connectivity index (χ1v) is 9.05. The Hall–Kier alpha value is -0.0400. The van der Waals surface area contributed by atoms with Crippen molar-refractivity contribution in [1.29, 1.82) is 0 Å². The van der Waals surface area contributed by atoms with Gasteiger partial charge in [0, 0.05) is 6.04 Å². The summed E-state index contributed by atoms with van der Waals surface area (Å²) in [6.45, 7) is 5.93. The fourth-order valence-corrected chi connectivity index (χ4v) is 5.04. The second-order valence-electron chi connectivity index (χ2n) is 7.66. The molecule has 110 valence electrons. The topological polar surface area (TPSA) is 12.0 Å². The Morgan fingerprint density at radius 2 is 1.58 bits per heavy atom. The van der Waals surface area contributed by atoms with Crippen molar-refractivity contribution >= 4 is 0 Å². The molecule has 19 heavy (non-hydrogen) atoms. The molecule has 3 atom stereocenters. The van der Waals surface area contributed by atoms with Crippen molar-refractivity contribution in [2.24, 2.45) is 29.6 Å². The van der Waals surface area contributed by atoms with Gasteiger partial charge >= 0.3 is 0 Å². The molecule has 0 saturated heterocycles. The quantitative estimate of drug-likeness (QED) is 0.737. The van der Waals surface area contributed by atoms with Crippen LogP contribution >= 0.6 is 0 Å². The Balaban J connectivity index is 1.55. The molecular weight excluding hydrogens is 230 g/mol. The highest BCUT2D eigenvalue weighted by Crippen LogP contribution is 2.56. The maximum Gasteiger partial charge on any atom is 0.0124 e. The molecule has 3 unspecified atom stereocenters. The average molecular weight is 263 g/mol. The molecule has 1 nitrogen and oxygen atoms in total. The van der Waals surface area contributed by atoms with E-state index in [1.165, 1.54) is 45.1 Å². The van der Waals surface area contributed by atoms with Crippen molar-refractivity contribution in [3.63, 3.8) is 0 Å². The molecule has 0 spiro atoms. The largest absolute Gasteiger partial charge is 0.313 e. The van der Waals surface area contributed by atoms with Gasteiger partial charge in [-0.15, -0.1) is 0 Å². The molecule has 0 aromatic heterocycles. The molecule has 1 N–H and O–H groups in total. The minimum atomic E-state index is 0.866. The van der Waals surface area contributed by atoms with Crippen molar-refractivity contribution in [3.05, 3.63) is 0 Å². The normalized spacial score (nSPS) is 42.9. The van der Waals surface area contributed by atoms with E-state index in [9.17, 15) is 0 Å². The van der Waals surface area contributed by atoms with E-state index in [-0.39, 0.29) is 0 Å². The first-order valence-electron chi connectivity index (χ1n) is 9.05. The Labute approximate surface area is 119 Å². The lowest BCUT2D eigenvalue weighted by Gasteiger charge is -2.38. The summed E-state index contributed by atoms with van der Waals surface area (Å²) in [5.74, 6) is 5.35. The summed E-state index contributed by atoms with van der Waals surface area (Å²) in [5, 5.41) is 3.96. The van der Waals surface area contributed by atoms with Gasteiger partial charge in [-0.25, -0.2) is 0 Å². The summed E-state index contributed by atoms with van der Waals surface area (Å²) in [6.07, 6.45) is 13.4. The van der Waals surface area contributed by atoms with Crippen molar-refractivity contribution in [1.82, 2.24) is 5.32 Å². The summed E-state index contributed by atoms with van der Waals surface area (Å²) in [7, 11) is 0. The van der Waals surface area contributed by atoms with E-state index in [2.05, 4.69) is 19.2 Å². The van der Waals surface area contributed by atoms with Gasteiger partial charge in [-0.1, -0.05) is 33.1 Å². The van der Waals surface area contributed by atoms with Crippen LogP contribution in [0.15, 0.2) is 0 Å². The maximum absolute atomic E-state index is 3.96. The van der Waals surface area contributed by atoms with Crippen LogP contribution in [0.2, 0.25) is 0 Å². The zero-order valence-corrected chi connectivity index (χ0v) is 13.0. The monoisotopic (exact) mass is 263 g/mol. The van der Waals surface area contributed by atoms with Crippen LogP contribution in [0.5, 0.6) is 0 Å². The van der Waals surface area contributed by atoms with Crippen molar-refractivity contribution < 1.29 is 0 Å². The van der Waals surface area contributed by atoms with Crippen LogP contribution in [-0.2, 0) is 0 Å². The average Bonchev–Trinajstić information content (AvgIpc) is 3.07. The number of fused-ring (bicyclic) bond motifs is 1. The zero-order chi connectivity index (χ0) is 13.2. The highest BCUT2D eigenvalue weighted by atomic mass is 14.9. The lowest BCUT2D eigenvalue weighted by atomic mass is 9.73. The minimum absolute atomic E-state index is 0.866. The SMILES string of the molecule is CCCNC(C1CCC(CC)CC1)C1CC2CC2C1. The first kappa shape index (κ1) is 13.9. The Morgan fingerprint density at radius 3 is 2.16 bits per heavy atom. The highest BCUT2D eigenvalue weighted by molar-refractivity contribution is 5.01. The van der Waals surface area contributed by atoms with E-state index in [0.717, 1.165) is 35.6 Å². The molecule has 0 bridgehead atoms. The summed E-state index contributed by atoms with van der Waals surface area (Å²) in [6, 6.07) is 0.866. The third-order valence-electron chi connectivity index (χ3n) is 6.39. The third kappa shape index (κ3) is 3.17. The van der Waals surface area contributed by atoms with Crippen LogP contribution in [0.3, 0.4) is 0 Å². The van der Waals surface area contributed by atoms with Gasteiger partial charge in [-0.3, -0.25) is 0 Å². The standard InChI is InChI=1S/C18H33N/c1-3-9-19-18(17-11-15-10-16(15)12-17)14-7-5-13(4-2)6-8-14/h13-19H,3-12H2,1-2H3. The predicted octanol–water partition coefficient (Wildman–Crippen LogP) is 4.62. The van der Waals surface area contributed by atoms with Crippen LogP contribution < -0.4 is 5.32 Å². The van der Waals surface area contributed by atoms with Crippen molar-refractivity contribution in [2.75, 3.05) is 6.54 Å². The van der Waals surface area contributed by atoms with Gasteiger partial charge in [-0.2, -0.15) is 0 Å². The molecule has 0 aliphatic heterocycles. The Morgan fingerprint density at radius 1 is 0.895 bits per heavy atom. The lowest BCUT2D eigenvalue weighted by molar-refractivity contribution is 0.170. The molecular formula is C18H33N. The summed E-state index contributed by atoms with van der Waals surface area (Å²) >= 11 is 0. The van der Waals surface area contributed by atoms with Gasteiger partial charge < -0.3 is 5.32 Å². The van der Waals surface area contributed by atoms with E-state index in [1.54, 1.807) is 19.3 Å². The van der Waals surface area contributed by atoms with Crippen LogP contribution in [0, 0.1) is 29.6 Å². The Kier molecular flexibility index (Phi) is 4.51. The lowest BCUT2D eigenvalue weighted by Crippen LogP contribution is -2.43. The van der Waals surface area contributed by atoms with Crippen molar-refractivity contribution in [3.8, 4) is 0 Å². The van der Waals surface area contributed by atoms with Gasteiger partial charge in [0.1, 0.15) is 0 Å². The van der Waals surface area contributed by atoms with Crippen LogP contribution in [0.1, 0.15) is 71.6 Å². The fourth-order valence-electron chi connectivity index (χ4n) is 5.04. The highest BCUT2D eigenvalue weighted by Gasteiger charge is 2.49. The zero-order valence-electron chi connectivity index (χ0n) is 13.0. The maximum atomic E-state index is 3.96. The number of nitrogens with one attached hydrogen (secondary N) is 1. The summed E-state index contributed by atoms with van der Waals surface area (Å²) in [4.78, 5) is 0. The summed E-state index contributed by atoms with van der Waals surface area (Å²) < 4.78 is 0. The van der Waals surface area contributed by atoms with Gasteiger partial charge in [0.05, 0.1) is 0 Å². The molecule has 3 aliphatic carbocycles. The second kappa shape index (κ2) is 6.16. The molecule has 1 heteroatoms. The van der Waals surface area contributed by atoms with Gasteiger partial charge in [0.2, 0.25) is 0 Å². The molecule has 3 aliphatic rings. The number of hydrogen-bond donors (Lipinski definition) is 1. The van der Waals surface area contributed by atoms with Gasteiger partial charge in [0.15, 0.2) is 0 Å². The van der Waals surface area contributed by atoms with Crippen LogP contribution in [0.25, 0.3) is 0 Å². The minimum Gasteiger partial charge on any atom is -0.313 e. The van der Waals surface area contributed by atoms with Gasteiger partial charge in [-0.05, 0) is 74.7 Å². The molecule has 0 aromatic rings. The molecule has 0 heterocycles. The van der Waals surface area contributed by atoms with Gasteiger partial charge in [0.25, 0.3) is 0 Å². The predicted molar refractivity (Wildman–Crippen MR) is 82.1 cm³/mol. The molecule has 3 rings (SSSR count). The Bertz CT molecular complexity index is 269. The van der Waals surface area contributed by atoms with Crippen LogP contribution in [-0.4, -0.2) is 12.6 Å². The number of hydrogen-bond acceptors (Lipinski definition) is 1. The molecule has 3 fully saturated rings. The molecule has 0 aromatic carbocycles. The fraction of sp³-hybridized carbons (Fsp3) is 1.00. The van der Waals surface area contributed by atoms with E-state index >= 15 is 0 Å². The third-order valence-corrected chi connectivity index (χ3v) is 6.39. The van der Waals surface area contributed by atoms with Crippen molar-refractivity contribution in [2.45, 2.75) is 77.7 Å². The van der Waals surface area contributed by atoms with E-state index in [4.69, 9.17) is 0 Å².